The van der Waals surface area contributed by atoms with E-state index in [9.17, 15) is 19.5 Å². The summed E-state index contributed by atoms with van der Waals surface area (Å²) in [6.45, 7) is 1.94. The Morgan fingerprint density at radius 2 is 1.51 bits per heavy atom. The Hall–Kier alpha value is -4.89. The maximum Gasteiger partial charge on any atom is 0.407 e. The summed E-state index contributed by atoms with van der Waals surface area (Å²) in [5.74, 6) is -1.78. The fourth-order valence-corrected chi connectivity index (χ4v) is 4.89. The Kier molecular flexibility index (Phi) is 8.45. The van der Waals surface area contributed by atoms with Crippen molar-refractivity contribution >= 4 is 18.0 Å². The molecule has 3 aromatic carbocycles. The molecule has 1 aliphatic rings. The number of carboxylic acid groups (broad SMARTS) is 1. The SMILES string of the molecule is CC(OCc1ccccc1)C(NC(=O)c1ccc(CNC(=O)OCC2c3ccccc3-c3ccccc32)o1)C(=O)O. The molecule has 1 aromatic heterocycles. The molecule has 3 N–H and O–H groups in total. The molecule has 5 rings (SSSR count). The topological polar surface area (TPSA) is 127 Å². The van der Waals surface area contributed by atoms with E-state index >= 15 is 0 Å². The number of amides is 2. The van der Waals surface area contributed by atoms with Crippen molar-refractivity contribution in [3.63, 3.8) is 0 Å². The van der Waals surface area contributed by atoms with E-state index in [0.29, 0.717) is 5.76 Å². The highest BCUT2D eigenvalue weighted by Gasteiger charge is 2.30. The number of carbonyl (C=O) groups is 3. The molecule has 0 radical (unpaired) electrons. The van der Waals surface area contributed by atoms with Crippen LogP contribution in [0.5, 0.6) is 0 Å². The Bertz CT molecular complexity index is 1490. The van der Waals surface area contributed by atoms with Crippen molar-refractivity contribution in [2.24, 2.45) is 0 Å². The molecule has 9 nitrogen and oxygen atoms in total. The van der Waals surface area contributed by atoms with Crippen LogP contribution in [0.2, 0.25) is 0 Å². The number of carbonyl (C=O) groups excluding carboxylic acids is 2. The van der Waals surface area contributed by atoms with Crippen LogP contribution < -0.4 is 10.6 Å². The third-order valence-corrected chi connectivity index (χ3v) is 7.01. The van der Waals surface area contributed by atoms with Gasteiger partial charge in [0.25, 0.3) is 5.91 Å². The molecule has 1 heterocycles. The van der Waals surface area contributed by atoms with Crippen molar-refractivity contribution in [2.75, 3.05) is 6.61 Å². The highest BCUT2D eigenvalue weighted by molar-refractivity contribution is 5.94. The summed E-state index contributed by atoms with van der Waals surface area (Å²) < 4.78 is 16.7. The zero-order valence-corrected chi connectivity index (χ0v) is 22.4. The van der Waals surface area contributed by atoms with Crippen LogP contribution in [0.25, 0.3) is 11.1 Å². The van der Waals surface area contributed by atoms with Gasteiger partial charge in [0.05, 0.1) is 19.3 Å². The number of benzene rings is 3. The van der Waals surface area contributed by atoms with Crippen molar-refractivity contribution in [3.8, 4) is 11.1 Å². The van der Waals surface area contributed by atoms with Crippen molar-refractivity contribution in [2.45, 2.75) is 38.1 Å². The zero-order chi connectivity index (χ0) is 28.8. The predicted octanol–water partition coefficient (Wildman–Crippen LogP) is 5.11. The molecule has 0 bridgehead atoms. The van der Waals surface area contributed by atoms with Crippen molar-refractivity contribution in [1.29, 1.82) is 0 Å². The molecular formula is C32H30N2O7. The number of hydrogen-bond acceptors (Lipinski definition) is 6. The molecule has 210 valence electrons. The number of carboxylic acids is 1. The van der Waals surface area contributed by atoms with Gasteiger partial charge in [0, 0.05) is 5.92 Å². The minimum absolute atomic E-state index is 0.0110. The van der Waals surface area contributed by atoms with E-state index in [1.54, 1.807) is 6.92 Å². The fraction of sp³-hybridized carbons (Fsp3) is 0.219. The highest BCUT2D eigenvalue weighted by Crippen LogP contribution is 2.44. The van der Waals surface area contributed by atoms with Crippen LogP contribution >= 0.6 is 0 Å². The van der Waals surface area contributed by atoms with Crippen LogP contribution in [0.4, 0.5) is 4.79 Å². The zero-order valence-electron chi connectivity index (χ0n) is 22.4. The number of ether oxygens (including phenoxy) is 2. The molecular weight excluding hydrogens is 524 g/mol. The lowest BCUT2D eigenvalue weighted by Gasteiger charge is -2.21. The molecule has 41 heavy (non-hydrogen) atoms. The van der Waals surface area contributed by atoms with E-state index in [2.05, 4.69) is 22.8 Å². The summed E-state index contributed by atoms with van der Waals surface area (Å²) in [5.41, 5.74) is 5.39. The highest BCUT2D eigenvalue weighted by atomic mass is 16.5. The molecule has 4 aromatic rings. The molecule has 2 atom stereocenters. The second kappa shape index (κ2) is 12.5. The summed E-state index contributed by atoms with van der Waals surface area (Å²) in [6, 6.07) is 27.1. The van der Waals surface area contributed by atoms with Crippen LogP contribution in [0.3, 0.4) is 0 Å². The first-order chi connectivity index (χ1) is 19.9. The number of furan rings is 1. The lowest BCUT2D eigenvalue weighted by Crippen LogP contribution is -2.48. The Morgan fingerprint density at radius 3 is 2.17 bits per heavy atom. The summed E-state index contributed by atoms with van der Waals surface area (Å²) in [4.78, 5) is 37.0. The number of aliphatic carboxylic acids is 1. The Labute approximate surface area is 237 Å². The number of nitrogens with one attached hydrogen (secondary N) is 2. The first-order valence-corrected chi connectivity index (χ1v) is 13.3. The minimum Gasteiger partial charge on any atom is -0.480 e. The smallest absolute Gasteiger partial charge is 0.407 e. The number of hydrogen-bond donors (Lipinski definition) is 3. The molecule has 0 fully saturated rings. The van der Waals surface area contributed by atoms with Crippen LogP contribution in [-0.4, -0.2) is 41.8 Å². The molecule has 0 saturated carbocycles. The van der Waals surface area contributed by atoms with Crippen molar-refractivity contribution < 1.29 is 33.4 Å². The van der Waals surface area contributed by atoms with E-state index in [-0.39, 0.29) is 31.4 Å². The molecule has 2 amide bonds. The molecule has 9 heteroatoms. The van der Waals surface area contributed by atoms with Gasteiger partial charge < -0.3 is 29.6 Å². The van der Waals surface area contributed by atoms with E-state index in [1.165, 1.54) is 12.1 Å². The monoisotopic (exact) mass is 554 g/mol. The molecule has 0 aliphatic heterocycles. The second-order valence-corrected chi connectivity index (χ2v) is 9.74. The average molecular weight is 555 g/mol. The van der Waals surface area contributed by atoms with Gasteiger partial charge in [-0.3, -0.25) is 4.79 Å². The van der Waals surface area contributed by atoms with Crippen LogP contribution in [-0.2, 0) is 27.4 Å². The second-order valence-electron chi connectivity index (χ2n) is 9.74. The average Bonchev–Trinajstić information content (AvgIpc) is 3.60. The molecule has 0 saturated heterocycles. The third-order valence-electron chi connectivity index (χ3n) is 7.01. The maximum absolute atomic E-state index is 12.7. The van der Waals surface area contributed by atoms with Crippen molar-refractivity contribution in [3.05, 3.63) is 119 Å². The van der Waals surface area contributed by atoms with E-state index in [0.717, 1.165) is 27.8 Å². The first-order valence-electron chi connectivity index (χ1n) is 13.3. The predicted molar refractivity (Wildman–Crippen MR) is 150 cm³/mol. The van der Waals surface area contributed by atoms with E-state index in [4.69, 9.17) is 13.9 Å². The van der Waals surface area contributed by atoms with Crippen LogP contribution in [0.1, 0.15) is 45.8 Å². The summed E-state index contributed by atoms with van der Waals surface area (Å²) >= 11 is 0. The summed E-state index contributed by atoms with van der Waals surface area (Å²) in [7, 11) is 0. The van der Waals surface area contributed by atoms with Crippen LogP contribution in [0, 0.1) is 0 Å². The van der Waals surface area contributed by atoms with Gasteiger partial charge in [-0.2, -0.15) is 0 Å². The molecule has 1 aliphatic carbocycles. The van der Waals surface area contributed by atoms with Crippen molar-refractivity contribution in [1.82, 2.24) is 10.6 Å². The van der Waals surface area contributed by atoms with Gasteiger partial charge in [-0.25, -0.2) is 9.59 Å². The minimum atomic E-state index is -1.29. The van der Waals surface area contributed by atoms with Gasteiger partial charge in [0.1, 0.15) is 12.4 Å². The standard InChI is InChI=1S/C32H30N2O7/c1-20(39-18-21-9-3-2-4-10-21)29(31(36)37)34-30(35)28-16-15-22(41-28)17-33-32(38)40-19-27-25-13-7-5-11-23(25)24-12-6-8-14-26(24)27/h2-16,20,27,29H,17-19H2,1H3,(H,33,38)(H,34,35)(H,36,37). The normalized spacial score (nSPS) is 13.5. The Balaban J connectivity index is 1.11. The number of rotatable bonds is 11. The number of alkyl carbamates (subject to hydrolysis) is 1. The largest absolute Gasteiger partial charge is 0.480 e. The quantitative estimate of drug-likeness (QED) is 0.235. The van der Waals surface area contributed by atoms with Gasteiger partial charge in [-0.1, -0.05) is 78.9 Å². The van der Waals surface area contributed by atoms with E-state index < -0.39 is 30.1 Å². The fourth-order valence-electron chi connectivity index (χ4n) is 4.89. The van der Waals surface area contributed by atoms with Crippen LogP contribution in [0.15, 0.2) is 95.4 Å². The molecule has 2 unspecified atom stereocenters. The summed E-state index contributed by atoms with van der Waals surface area (Å²) in [6.07, 6.45) is -1.43. The van der Waals surface area contributed by atoms with Gasteiger partial charge >= 0.3 is 12.1 Å². The van der Waals surface area contributed by atoms with E-state index in [1.807, 2.05) is 66.7 Å². The maximum atomic E-state index is 12.7. The lowest BCUT2D eigenvalue weighted by atomic mass is 9.98. The lowest BCUT2D eigenvalue weighted by molar-refractivity contribution is -0.143. The number of fused-ring (bicyclic) bond motifs is 3. The van der Waals surface area contributed by atoms with Gasteiger partial charge in [-0.05, 0) is 46.9 Å². The van der Waals surface area contributed by atoms with Gasteiger partial charge in [0.15, 0.2) is 11.8 Å². The Morgan fingerprint density at radius 1 is 0.878 bits per heavy atom. The van der Waals surface area contributed by atoms with Gasteiger partial charge in [0.2, 0.25) is 0 Å². The van der Waals surface area contributed by atoms with Gasteiger partial charge in [-0.15, -0.1) is 0 Å². The molecule has 0 spiro atoms. The third kappa shape index (κ3) is 6.47. The first kappa shape index (κ1) is 27.7. The summed E-state index contributed by atoms with van der Waals surface area (Å²) in [5, 5.41) is 14.7.